The number of likely N-dealkylation sites (N-methyl/N-ethyl adjacent to an activating group) is 1. The fraction of sp³-hybridized carbons (Fsp3) is 0.560. The summed E-state index contributed by atoms with van der Waals surface area (Å²) >= 11 is 0. The highest BCUT2D eigenvalue weighted by atomic mass is 31.2. The number of hydrogen-bond acceptors (Lipinski definition) is 8. The van der Waals surface area contributed by atoms with Gasteiger partial charge in [0.15, 0.2) is 6.10 Å². The maximum absolute atomic E-state index is 12.7. The Kier molecular flexibility index (Phi) is 38.4. The molecule has 0 spiro atoms. The quantitative estimate of drug-likeness (QED) is 0.0198. The molecule has 0 aliphatic heterocycles. The molecule has 338 valence electrons. The van der Waals surface area contributed by atoms with Gasteiger partial charge in [0.1, 0.15) is 19.8 Å². The number of quaternary nitrogens is 1. The summed E-state index contributed by atoms with van der Waals surface area (Å²) in [6.07, 6.45) is 56.8. The molecule has 0 aromatic rings. The van der Waals surface area contributed by atoms with Gasteiger partial charge >= 0.3 is 11.9 Å². The Balaban J connectivity index is 4.52. The van der Waals surface area contributed by atoms with Crippen molar-refractivity contribution in [1.82, 2.24) is 0 Å². The molecule has 2 unspecified atom stereocenters. The number of rotatable bonds is 38. The third-order valence-electron chi connectivity index (χ3n) is 8.51. The summed E-state index contributed by atoms with van der Waals surface area (Å²) in [6, 6.07) is 0. The molecule has 0 saturated carbocycles. The van der Waals surface area contributed by atoms with Crippen LogP contribution in [0.2, 0.25) is 0 Å². The minimum atomic E-state index is -4.66. The van der Waals surface area contributed by atoms with Gasteiger partial charge in [-0.3, -0.25) is 14.2 Å². The largest absolute Gasteiger partial charge is 0.756 e. The van der Waals surface area contributed by atoms with Crippen LogP contribution < -0.4 is 4.89 Å². The van der Waals surface area contributed by atoms with E-state index in [4.69, 9.17) is 18.5 Å². The Morgan fingerprint density at radius 2 is 0.950 bits per heavy atom. The maximum Gasteiger partial charge on any atom is 0.309 e. The fourth-order valence-electron chi connectivity index (χ4n) is 5.10. The van der Waals surface area contributed by atoms with Crippen LogP contribution in [0.15, 0.2) is 122 Å². The number of phosphoric acid groups is 1. The summed E-state index contributed by atoms with van der Waals surface area (Å²) in [7, 11) is 1.08. The van der Waals surface area contributed by atoms with Crippen molar-refractivity contribution in [2.45, 2.75) is 136 Å². The summed E-state index contributed by atoms with van der Waals surface area (Å²) in [5.41, 5.74) is 0. The SMILES string of the molecule is CC/C=C\C/C=C\C/C=C\C/C=C\C/C=C\CCCCCCCC(=O)OC(COC(=O)C/C=C\C/C=C\C/C=C\C/C=C\C/C=C\CC)COP(=O)([O-])OCC[N+](C)(C)C. The zero-order valence-corrected chi connectivity index (χ0v) is 38.7. The second kappa shape index (κ2) is 40.8. The molecule has 0 heterocycles. The molecule has 0 N–H and O–H groups in total. The van der Waals surface area contributed by atoms with Gasteiger partial charge in [-0.1, -0.05) is 155 Å². The van der Waals surface area contributed by atoms with Gasteiger partial charge in [0, 0.05) is 6.42 Å². The van der Waals surface area contributed by atoms with E-state index in [1.807, 2.05) is 33.3 Å². The summed E-state index contributed by atoms with van der Waals surface area (Å²) in [5, 5.41) is 0. The van der Waals surface area contributed by atoms with Crippen molar-refractivity contribution >= 4 is 19.8 Å². The molecule has 0 bridgehead atoms. The molecular formula is C50H80NO8P. The van der Waals surface area contributed by atoms with E-state index in [9.17, 15) is 19.0 Å². The number of allylic oxidation sites excluding steroid dienone is 19. The first-order chi connectivity index (χ1) is 29.0. The van der Waals surface area contributed by atoms with Gasteiger partial charge in [0.05, 0.1) is 34.2 Å². The van der Waals surface area contributed by atoms with Gasteiger partial charge in [-0.15, -0.1) is 0 Å². The number of carbonyl (C=O) groups is 2. The molecule has 0 rings (SSSR count). The molecule has 0 amide bonds. The molecule has 0 aliphatic carbocycles. The number of esters is 2. The summed E-state index contributed by atoms with van der Waals surface area (Å²) < 4.78 is 33.7. The van der Waals surface area contributed by atoms with Gasteiger partial charge in [-0.05, 0) is 83.5 Å². The second-order valence-electron chi connectivity index (χ2n) is 15.3. The van der Waals surface area contributed by atoms with Crippen molar-refractivity contribution in [3.05, 3.63) is 122 Å². The average Bonchev–Trinajstić information content (AvgIpc) is 3.20. The third kappa shape index (κ3) is 44.0. The lowest BCUT2D eigenvalue weighted by molar-refractivity contribution is -0.870. The lowest BCUT2D eigenvalue weighted by Gasteiger charge is -2.28. The number of unbranched alkanes of at least 4 members (excludes halogenated alkanes) is 5. The van der Waals surface area contributed by atoms with Crippen LogP contribution in [0.1, 0.15) is 129 Å². The van der Waals surface area contributed by atoms with E-state index in [1.54, 1.807) is 6.08 Å². The van der Waals surface area contributed by atoms with E-state index >= 15 is 0 Å². The lowest BCUT2D eigenvalue weighted by atomic mass is 10.1. The Morgan fingerprint density at radius 1 is 0.533 bits per heavy atom. The predicted octanol–water partition coefficient (Wildman–Crippen LogP) is 12.3. The Labute approximate surface area is 365 Å². The number of ether oxygens (including phenoxy) is 2. The second-order valence-corrected chi connectivity index (χ2v) is 16.7. The molecule has 0 aliphatic rings. The zero-order chi connectivity index (χ0) is 44.3. The van der Waals surface area contributed by atoms with Crippen molar-refractivity contribution in [1.29, 1.82) is 0 Å². The van der Waals surface area contributed by atoms with E-state index < -0.39 is 32.5 Å². The molecular weight excluding hydrogens is 774 g/mol. The van der Waals surface area contributed by atoms with Gasteiger partial charge in [-0.25, -0.2) is 0 Å². The highest BCUT2D eigenvalue weighted by Crippen LogP contribution is 2.38. The molecule has 0 fully saturated rings. The number of nitrogens with zero attached hydrogens (tertiary/aromatic N) is 1. The molecule has 2 atom stereocenters. The van der Waals surface area contributed by atoms with E-state index in [-0.39, 0.29) is 26.1 Å². The average molecular weight is 854 g/mol. The van der Waals surface area contributed by atoms with Crippen molar-refractivity contribution in [2.75, 3.05) is 47.5 Å². The van der Waals surface area contributed by atoms with Crippen LogP contribution in [0.25, 0.3) is 0 Å². The van der Waals surface area contributed by atoms with Crippen LogP contribution in [-0.4, -0.2) is 70.0 Å². The molecule has 0 saturated heterocycles. The number of phosphoric ester groups is 1. The van der Waals surface area contributed by atoms with Crippen LogP contribution in [-0.2, 0) is 32.7 Å². The van der Waals surface area contributed by atoms with E-state index in [2.05, 4.69) is 117 Å². The monoisotopic (exact) mass is 854 g/mol. The van der Waals surface area contributed by atoms with Crippen molar-refractivity contribution in [2.24, 2.45) is 0 Å². The Hall–Kier alpha value is -3.59. The lowest BCUT2D eigenvalue weighted by Crippen LogP contribution is -2.37. The summed E-state index contributed by atoms with van der Waals surface area (Å²) in [6.45, 7) is 3.82. The molecule has 10 heteroatoms. The number of hydrogen-bond donors (Lipinski definition) is 0. The molecule has 0 aromatic carbocycles. The van der Waals surface area contributed by atoms with Crippen molar-refractivity contribution < 1.29 is 42.1 Å². The van der Waals surface area contributed by atoms with Crippen LogP contribution in [0.5, 0.6) is 0 Å². The number of carbonyl (C=O) groups excluding carboxylic acids is 2. The standard InChI is InChI=1S/C50H80NO8P/c1-6-8-10-12-14-16-18-20-22-23-24-25-26-27-29-31-33-35-37-39-41-43-50(53)59-48(47-58-60(54,55)57-45-44-51(3,4)5)46-56-49(52)42-40-38-36-34-32-30-28-21-19-17-15-13-11-9-7-2/h8-11,14-17,20-22,24-25,27-29,32,34,38,40,48H,6-7,12-13,18-19,23,26,30-31,33,35-37,39,41-47H2,1-5H3/b10-8-,11-9-,16-14-,17-15-,22-20-,25-24-,28-21-,29-27-,34-32-,40-38-. The van der Waals surface area contributed by atoms with E-state index in [0.29, 0.717) is 23.9 Å². The normalized spacial score (nSPS) is 14.7. The Bertz CT molecular complexity index is 1430. The highest BCUT2D eigenvalue weighted by Gasteiger charge is 2.21. The van der Waals surface area contributed by atoms with Crippen molar-refractivity contribution in [3.63, 3.8) is 0 Å². The topological polar surface area (TPSA) is 111 Å². The molecule has 0 aromatic heterocycles. The molecule has 0 radical (unpaired) electrons. The zero-order valence-electron chi connectivity index (χ0n) is 37.8. The first-order valence-corrected chi connectivity index (χ1v) is 23.7. The van der Waals surface area contributed by atoms with Crippen molar-refractivity contribution in [3.8, 4) is 0 Å². The first-order valence-electron chi connectivity index (χ1n) is 22.2. The van der Waals surface area contributed by atoms with Crippen LogP contribution in [0.3, 0.4) is 0 Å². The highest BCUT2D eigenvalue weighted by molar-refractivity contribution is 7.45. The summed E-state index contributed by atoms with van der Waals surface area (Å²) in [4.78, 5) is 37.5. The van der Waals surface area contributed by atoms with Gasteiger partial charge < -0.3 is 27.9 Å². The van der Waals surface area contributed by atoms with E-state index in [1.165, 1.54) is 0 Å². The minimum Gasteiger partial charge on any atom is -0.756 e. The first kappa shape index (κ1) is 56.4. The molecule has 60 heavy (non-hydrogen) atoms. The van der Waals surface area contributed by atoms with Crippen LogP contribution >= 0.6 is 7.82 Å². The van der Waals surface area contributed by atoms with Crippen LogP contribution in [0, 0.1) is 0 Å². The Morgan fingerprint density at radius 3 is 1.42 bits per heavy atom. The maximum atomic E-state index is 12.7. The van der Waals surface area contributed by atoms with Gasteiger partial charge in [-0.2, -0.15) is 0 Å². The van der Waals surface area contributed by atoms with Gasteiger partial charge in [0.25, 0.3) is 7.82 Å². The van der Waals surface area contributed by atoms with E-state index in [0.717, 1.165) is 89.9 Å². The third-order valence-corrected chi connectivity index (χ3v) is 9.47. The smallest absolute Gasteiger partial charge is 0.309 e. The van der Waals surface area contributed by atoms with Gasteiger partial charge in [0.2, 0.25) is 0 Å². The molecule has 9 nitrogen and oxygen atoms in total. The summed E-state index contributed by atoms with van der Waals surface area (Å²) in [5.74, 6) is -1.02. The minimum absolute atomic E-state index is 0.0321. The van der Waals surface area contributed by atoms with Crippen LogP contribution in [0.4, 0.5) is 0 Å². The predicted molar refractivity (Wildman–Crippen MR) is 249 cm³/mol. The fourth-order valence-corrected chi connectivity index (χ4v) is 5.83.